The Morgan fingerprint density at radius 2 is 2.09 bits per heavy atom. The number of hydrogen-bond acceptors (Lipinski definition) is 5. The number of benzene rings is 1. The SMILES string of the molecule is Cc1ccc(CCNC(=O)C(c2ccccc2)n2cnnn2)s1. The maximum absolute atomic E-state index is 12.6. The molecule has 6 nitrogen and oxygen atoms in total. The number of tetrazole rings is 1. The smallest absolute Gasteiger partial charge is 0.249 e. The van der Waals surface area contributed by atoms with Crippen LogP contribution in [0.5, 0.6) is 0 Å². The Kier molecular flexibility index (Phi) is 4.77. The van der Waals surface area contributed by atoms with E-state index < -0.39 is 6.04 Å². The summed E-state index contributed by atoms with van der Waals surface area (Å²) in [7, 11) is 0. The van der Waals surface area contributed by atoms with Crippen LogP contribution in [0.4, 0.5) is 0 Å². The summed E-state index contributed by atoms with van der Waals surface area (Å²) in [4.78, 5) is 15.2. The van der Waals surface area contributed by atoms with Crippen molar-refractivity contribution in [2.75, 3.05) is 6.54 Å². The molecule has 2 heterocycles. The first-order valence-electron chi connectivity index (χ1n) is 7.34. The van der Waals surface area contributed by atoms with Crippen molar-refractivity contribution in [2.24, 2.45) is 0 Å². The zero-order chi connectivity index (χ0) is 16.1. The Balaban J connectivity index is 1.68. The van der Waals surface area contributed by atoms with Crippen molar-refractivity contribution in [3.05, 3.63) is 64.1 Å². The van der Waals surface area contributed by atoms with Crippen LogP contribution in [0, 0.1) is 6.92 Å². The molecule has 2 aromatic heterocycles. The van der Waals surface area contributed by atoms with Gasteiger partial charge in [0.05, 0.1) is 0 Å². The first-order valence-corrected chi connectivity index (χ1v) is 8.16. The van der Waals surface area contributed by atoms with Crippen molar-refractivity contribution in [2.45, 2.75) is 19.4 Å². The molecule has 1 unspecified atom stereocenters. The van der Waals surface area contributed by atoms with Gasteiger partial charge in [-0.2, -0.15) is 0 Å². The van der Waals surface area contributed by atoms with Crippen molar-refractivity contribution >= 4 is 17.2 Å². The highest BCUT2D eigenvalue weighted by Gasteiger charge is 2.23. The molecule has 1 N–H and O–H groups in total. The van der Waals surface area contributed by atoms with Crippen LogP contribution in [0.1, 0.15) is 21.4 Å². The summed E-state index contributed by atoms with van der Waals surface area (Å²) in [5.74, 6) is -0.114. The number of aromatic nitrogens is 4. The van der Waals surface area contributed by atoms with Crippen molar-refractivity contribution in [3.8, 4) is 0 Å². The molecule has 3 rings (SSSR count). The Morgan fingerprint density at radius 1 is 1.26 bits per heavy atom. The molecule has 0 radical (unpaired) electrons. The number of carbonyl (C=O) groups is 1. The van der Waals surface area contributed by atoms with Crippen LogP contribution in [0.3, 0.4) is 0 Å². The van der Waals surface area contributed by atoms with Crippen LogP contribution in [0.25, 0.3) is 0 Å². The Bertz CT molecular complexity index is 754. The molecule has 0 saturated carbocycles. The number of rotatable bonds is 6. The summed E-state index contributed by atoms with van der Waals surface area (Å²) >= 11 is 1.75. The van der Waals surface area contributed by atoms with Gasteiger partial charge in [-0.05, 0) is 41.5 Å². The molecule has 1 atom stereocenters. The highest BCUT2D eigenvalue weighted by atomic mass is 32.1. The predicted molar refractivity (Wildman–Crippen MR) is 88.2 cm³/mol. The van der Waals surface area contributed by atoms with Gasteiger partial charge in [0.15, 0.2) is 6.04 Å². The third-order valence-corrected chi connectivity index (χ3v) is 4.52. The number of carbonyl (C=O) groups excluding carboxylic acids is 1. The Hall–Kier alpha value is -2.54. The summed E-state index contributed by atoms with van der Waals surface area (Å²) in [6.07, 6.45) is 2.28. The highest BCUT2D eigenvalue weighted by molar-refractivity contribution is 7.11. The summed E-state index contributed by atoms with van der Waals surface area (Å²) in [5, 5.41) is 14.1. The fraction of sp³-hybridized carbons (Fsp3) is 0.250. The normalized spacial score (nSPS) is 12.0. The first-order chi connectivity index (χ1) is 11.2. The van der Waals surface area contributed by atoms with E-state index in [0.717, 1.165) is 12.0 Å². The van der Waals surface area contributed by atoms with Crippen LogP contribution in [-0.4, -0.2) is 32.7 Å². The van der Waals surface area contributed by atoms with Gasteiger partial charge in [-0.15, -0.1) is 16.4 Å². The average molecular weight is 327 g/mol. The second-order valence-corrected chi connectivity index (χ2v) is 6.53. The minimum atomic E-state index is -0.559. The molecule has 23 heavy (non-hydrogen) atoms. The molecule has 118 valence electrons. The van der Waals surface area contributed by atoms with E-state index in [1.165, 1.54) is 20.8 Å². The van der Waals surface area contributed by atoms with Gasteiger partial charge in [0, 0.05) is 16.3 Å². The molecule has 0 spiro atoms. The van der Waals surface area contributed by atoms with E-state index in [2.05, 4.69) is 39.9 Å². The number of nitrogens with zero attached hydrogens (tertiary/aromatic N) is 4. The lowest BCUT2D eigenvalue weighted by Gasteiger charge is -2.16. The zero-order valence-corrected chi connectivity index (χ0v) is 13.5. The van der Waals surface area contributed by atoms with E-state index in [-0.39, 0.29) is 5.91 Å². The number of amides is 1. The molecule has 3 aromatic rings. The molecule has 0 aliphatic rings. The molecular weight excluding hydrogens is 310 g/mol. The maximum Gasteiger partial charge on any atom is 0.249 e. The first kappa shape index (κ1) is 15.4. The van der Waals surface area contributed by atoms with Gasteiger partial charge in [0.2, 0.25) is 5.91 Å². The number of nitrogens with one attached hydrogen (secondary N) is 1. The van der Waals surface area contributed by atoms with E-state index in [1.54, 1.807) is 11.3 Å². The lowest BCUT2D eigenvalue weighted by molar-refractivity contribution is -0.123. The van der Waals surface area contributed by atoms with Gasteiger partial charge >= 0.3 is 0 Å². The van der Waals surface area contributed by atoms with Crippen molar-refractivity contribution in [1.82, 2.24) is 25.5 Å². The minimum absolute atomic E-state index is 0.114. The second-order valence-electron chi connectivity index (χ2n) is 5.16. The van der Waals surface area contributed by atoms with Gasteiger partial charge in [-0.25, -0.2) is 4.68 Å². The molecule has 0 saturated heterocycles. The van der Waals surface area contributed by atoms with Crippen molar-refractivity contribution in [1.29, 1.82) is 0 Å². The quantitative estimate of drug-likeness (QED) is 0.751. The highest BCUT2D eigenvalue weighted by Crippen LogP contribution is 2.17. The standard InChI is InChI=1S/C16H17N5OS/c1-12-7-8-14(23-12)9-10-17-16(22)15(21-11-18-19-20-21)13-5-3-2-4-6-13/h2-8,11,15H,9-10H2,1H3,(H,17,22). The second kappa shape index (κ2) is 7.15. The van der Waals surface area contributed by atoms with Gasteiger partial charge in [-0.3, -0.25) is 4.79 Å². The van der Waals surface area contributed by atoms with E-state index in [1.807, 2.05) is 30.3 Å². The third-order valence-electron chi connectivity index (χ3n) is 3.46. The topological polar surface area (TPSA) is 72.7 Å². The van der Waals surface area contributed by atoms with Crippen LogP contribution in [0.15, 0.2) is 48.8 Å². The zero-order valence-electron chi connectivity index (χ0n) is 12.7. The average Bonchev–Trinajstić information content (AvgIpc) is 3.21. The van der Waals surface area contributed by atoms with Crippen LogP contribution in [0.2, 0.25) is 0 Å². The van der Waals surface area contributed by atoms with E-state index in [9.17, 15) is 4.79 Å². The summed E-state index contributed by atoms with van der Waals surface area (Å²) < 4.78 is 1.47. The number of thiophene rings is 1. The van der Waals surface area contributed by atoms with Crippen LogP contribution < -0.4 is 5.32 Å². The maximum atomic E-state index is 12.6. The molecule has 1 amide bonds. The molecule has 0 bridgehead atoms. The fourth-order valence-corrected chi connectivity index (χ4v) is 3.26. The molecule has 7 heteroatoms. The third kappa shape index (κ3) is 3.81. The van der Waals surface area contributed by atoms with Crippen LogP contribution in [-0.2, 0) is 11.2 Å². The van der Waals surface area contributed by atoms with Gasteiger partial charge in [0.1, 0.15) is 6.33 Å². The molecular formula is C16H17N5OS. The number of aryl methyl sites for hydroxylation is 1. The largest absolute Gasteiger partial charge is 0.354 e. The lowest BCUT2D eigenvalue weighted by atomic mass is 10.1. The summed E-state index contributed by atoms with van der Waals surface area (Å²) in [6, 6.07) is 13.1. The predicted octanol–water partition coefficient (Wildman–Crippen LogP) is 1.99. The molecule has 1 aromatic carbocycles. The molecule has 0 fully saturated rings. The summed E-state index contributed by atoms with van der Waals surface area (Å²) in [5.41, 5.74) is 0.851. The summed E-state index contributed by atoms with van der Waals surface area (Å²) in [6.45, 7) is 2.67. The van der Waals surface area contributed by atoms with Gasteiger partial charge in [0.25, 0.3) is 0 Å². The van der Waals surface area contributed by atoms with Crippen LogP contribution >= 0.6 is 11.3 Å². The molecule has 0 aliphatic carbocycles. The monoisotopic (exact) mass is 327 g/mol. The van der Waals surface area contributed by atoms with Crippen molar-refractivity contribution in [3.63, 3.8) is 0 Å². The lowest BCUT2D eigenvalue weighted by Crippen LogP contribution is -2.34. The van der Waals surface area contributed by atoms with E-state index >= 15 is 0 Å². The van der Waals surface area contributed by atoms with Gasteiger partial charge < -0.3 is 5.32 Å². The Morgan fingerprint density at radius 3 is 2.74 bits per heavy atom. The van der Waals surface area contributed by atoms with E-state index in [0.29, 0.717) is 6.54 Å². The van der Waals surface area contributed by atoms with Gasteiger partial charge in [-0.1, -0.05) is 30.3 Å². The van der Waals surface area contributed by atoms with E-state index in [4.69, 9.17) is 0 Å². The Labute approximate surface area is 138 Å². The molecule has 0 aliphatic heterocycles. The number of hydrogen-bond donors (Lipinski definition) is 1. The van der Waals surface area contributed by atoms with Crippen molar-refractivity contribution < 1.29 is 4.79 Å². The fourth-order valence-electron chi connectivity index (χ4n) is 2.37. The minimum Gasteiger partial charge on any atom is -0.354 e.